The lowest BCUT2D eigenvalue weighted by molar-refractivity contribution is -0.202. The Kier molecular flexibility index (Phi) is 3.53. The number of hydrogen-bond acceptors (Lipinski definition) is 4. The highest BCUT2D eigenvalue weighted by Gasteiger charge is 2.40. The zero-order valence-electron chi connectivity index (χ0n) is 7.73. The minimum Gasteiger partial charge on any atom is -0.481 e. The fourth-order valence-corrected chi connectivity index (χ4v) is 1.22. The SMILES string of the molecule is O=C(O)CC1(NOCC(F)(F)F)CNC1. The molecule has 0 spiro atoms. The molecule has 0 saturated carbocycles. The molecule has 88 valence electrons. The average molecular weight is 228 g/mol. The first-order valence-corrected chi connectivity index (χ1v) is 4.21. The highest BCUT2D eigenvalue weighted by atomic mass is 19.4. The summed E-state index contributed by atoms with van der Waals surface area (Å²) in [6.07, 6.45) is -4.70. The topological polar surface area (TPSA) is 70.6 Å². The molecule has 3 N–H and O–H groups in total. The van der Waals surface area contributed by atoms with Gasteiger partial charge in [-0.1, -0.05) is 0 Å². The Bertz CT molecular complexity index is 240. The van der Waals surface area contributed by atoms with Gasteiger partial charge in [0.15, 0.2) is 6.61 Å². The van der Waals surface area contributed by atoms with Crippen molar-refractivity contribution >= 4 is 5.97 Å². The van der Waals surface area contributed by atoms with Gasteiger partial charge in [-0.05, 0) is 0 Å². The van der Waals surface area contributed by atoms with Crippen LogP contribution in [0.5, 0.6) is 0 Å². The molecule has 0 aromatic rings. The summed E-state index contributed by atoms with van der Waals surface area (Å²) < 4.78 is 35.2. The fraction of sp³-hybridized carbons (Fsp3) is 0.857. The zero-order valence-corrected chi connectivity index (χ0v) is 7.73. The monoisotopic (exact) mass is 228 g/mol. The van der Waals surface area contributed by atoms with Crippen LogP contribution in [0.15, 0.2) is 0 Å². The van der Waals surface area contributed by atoms with Crippen molar-refractivity contribution in [2.45, 2.75) is 18.1 Å². The second-order valence-corrected chi connectivity index (χ2v) is 3.46. The van der Waals surface area contributed by atoms with E-state index in [4.69, 9.17) is 5.11 Å². The van der Waals surface area contributed by atoms with Crippen LogP contribution in [0.2, 0.25) is 0 Å². The van der Waals surface area contributed by atoms with E-state index in [1.807, 2.05) is 0 Å². The van der Waals surface area contributed by atoms with Crippen LogP contribution in [0.1, 0.15) is 6.42 Å². The molecule has 15 heavy (non-hydrogen) atoms. The second kappa shape index (κ2) is 4.33. The summed E-state index contributed by atoms with van der Waals surface area (Å²) in [5.74, 6) is -1.08. The van der Waals surface area contributed by atoms with Crippen molar-refractivity contribution in [1.82, 2.24) is 10.8 Å². The standard InChI is InChI=1S/C7H11F3N2O3/c8-7(9,10)4-15-12-6(1-5(13)14)2-11-3-6/h11-12H,1-4H2,(H,13,14). The van der Waals surface area contributed by atoms with Crippen LogP contribution in [0.25, 0.3) is 0 Å². The number of rotatable bonds is 5. The minimum absolute atomic E-state index is 0.275. The lowest BCUT2D eigenvalue weighted by Gasteiger charge is -2.41. The first kappa shape index (κ1) is 12.2. The van der Waals surface area contributed by atoms with Crippen molar-refractivity contribution in [2.24, 2.45) is 0 Å². The predicted molar refractivity (Wildman–Crippen MR) is 43.0 cm³/mol. The molecule has 0 radical (unpaired) electrons. The van der Waals surface area contributed by atoms with Gasteiger partial charge < -0.3 is 10.4 Å². The Morgan fingerprint density at radius 1 is 1.53 bits per heavy atom. The van der Waals surface area contributed by atoms with E-state index in [1.165, 1.54) is 0 Å². The van der Waals surface area contributed by atoms with E-state index in [1.54, 1.807) is 0 Å². The van der Waals surface area contributed by atoms with Crippen LogP contribution in [-0.2, 0) is 9.63 Å². The summed E-state index contributed by atoms with van der Waals surface area (Å²) in [7, 11) is 0. The van der Waals surface area contributed by atoms with Crippen molar-refractivity contribution in [3.8, 4) is 0 Å². The number of aliphatic carboxylic acids is 1. The van der Waals surface area contributed by atoms with Crippen LogP contribution in [-0.4, -0.2) is 42.5 Å². The van der Waals surface area contributed by atoms with Gasteiger partial charge in [-0.15, -0.1) is 0 Å². The summed E-state index contributed by atoms with van der Waals surface area (Å²) in [6.45, 7) is -0.886. The number of carbonyl (C=O) groups is 1. The average Bonchev–Trinajstić information content (AvgIpc) is 1.96. The summed E-state index contributed by atoms with van der Waals surface area (Å²) in [5.41, 5.74) is 1.24. The van der Waals surface area contributed by atoms with E-state index in [2.05, 4.69) is 15.6 Å². The number of alkyl halides is 3. The van der Waals surface area contributed by atoms with Crippen LogP contribution in [0, 0.1) is 0 Å². The predicted octanol–water partition coefficient (Wildman–Crippen LogP) is -0.113. The van der Waals surface area contributed by atoms with Crippen LogP contribution in [0.3, 0.4) is 0 Å². The molecule has 0 bridgehead atoms. The number of carboxylic acid groups (broad SMARTS) is 1. The van der Waals surface area contributed by atoms with Gasteiger partial charge in [0.05, 0.1) is 12.0 Å². The number of nitrogens with one attached hydrogen (secondary N) is 2. The molecule has 0 atom stereocenters. The van der Waals surface area contributed by atoms with E-state index in [-0.39, 0.29) is 19.5 Å². The largest absolute Gasteiger partial charge is 0.481 e. The van der Waals surface area contributed by atoms with E-state index in [0.717, 1.165) is 0 Å². The maximum atomic E-state index is 11.7. The molecule has 0 aromatic carbocycles. The molecule has 1 aliphatic rings. The summed E-state index contributed by atoms with van der Waals surface area (Å²) in [4.78, 5) is 14.7. The van der Waals surface area contributed by atoms with Crippen LogP contribution < -0.4 is 10.8 Å². The highest BCUT2D eigenvalue weighted by molar-refractivity contribution is 5.68. The molecule has 1 aliphatic heterocycles. The Balaban J connectivity index is 2.31. The first-order chi connectivity index (χ1) is 6.83. The molecule has 0 aromatic heterocycles. The van der Waals surface area contributed by atoms with E-state index < -0.39 is 24.3 Å². The van der Waals surface area contributed by atoms with E-state index in [0.29, 0.717) is 0 Å². The number of hydrogen-bond donors (Lipinski definition) is 3. The maximum Gasteiger partial charge on any atom is 0.413 e. The van der Waals surface area contributed by atoms with E-state index in [9.17, 15) is 18.0 Å². The molecule has 8 heteroatoms. The summed E-state index contributed by atoms with van der Waals surface area (Å²) in [5, 5.41) is 11.3. The Hall–Kier alpha value is -0.860. The summed E-state index contributed by atoms with van der Waals surface area (Å²) in [6, 6.07) is 0. The third-order valence-electron chi connectivity index (χ3n) is 1.94. The van der Waals surface area contributed by atoms with Crippen molar-refractivity contribution in [1.29, 1.82) is 0 Å². The zero-order chi connectivity index (χ0) is 11.5. The normalized spacial score (nSPS) is 19.7. The minimum atomic E-state index is -4.42. The van der Waals surface area contributed by atoms with Crippen molar-refractivity contribution in [3.63, 3.8) is 0 Å². The molecule has 0 amide bonds. The smallest absolute Gasteiger partial charge is 0.413 e. The van der Waals surface area contributed by atoms with Gasteiger partial charge in [0, 0.05) is 13.1 Å². The molecule has 5 nitrogen and oxygen atoms in total. The van der Waals surface area contributed by atoms with Crippen LogP contribution >= 0.6 is 0 Å². The molecule has 1 rings (SSSR count). The highest BCUT2D eigenvalue weighted by Crippen LogP contribution is 2.18. The lowest BCUT2D eigenvalue weighted by atomic mass is 9.90. The summed E-state index contributed by atoms with van der Waals surface area (Å²) >= 11 is 0. The Labute approximate surface area is 83.5 Å². The Morgan fingerprint density at radius 3 is 2.47 bits per heavy atom. The van der Waals surface area contributed by atoms with Gasteiger partial charge in [0.1, 0.15) is 0 Å². The van der Waals surface area contributed by atoms with Crippen molar-refractivity contribution in [2.75, 3.05) is 19.7 Å². The molecule has 1 heterocycles. The van der Waals surface area contributed by atoms with Gasteiger partial charge in [0.25, 0.3) is 0 Å². The van der Waals surface area contributed by atoms with Gasteiger partial charge in [-0.3, -0.25) is 9.63 Å². The van der Waals surface area contributed by atoms with Gasteiger partial charge >= 0.3 is 12.1 Å². The van der Waals surface area contributed by atoms with Gasteiger partial charge in [-0.25, -0.2) is 0 Å². The second-order valence-electron chi connectivity index (χ2n) is 3.46. The number of hydroxylamine groups is 1. The van der Waals surface area contributed by atoms with Gasteiger partial charge in [-0.2, -0.15) is 18.7 Å². The molecule has 1 saturated heterocycles. The van der Waals surface area contributed by atoms with Gasteiger partial charge in [0.2, 0.25) is 0 Å². The third kappa shape index (κ3) is 4.02. The van der Waals surface area contributed by atoms with E-state index >= 15 is 0 Å². The third-order valence-corrected chi connectivity index (χ3v) is 1.94. The molecule has 0 unspecified atom stereocenters. The number of halogens is 3. The maximum absolute atomic E-state index is 11.7. The van der Waals surface area contributed by atoms with Crippen LogP contribution in [0.4, 0.5) is 13.2 Å². The molecular formula is C7H11F3N2O3. The lowest BCUT2D eigenvalue weighted by Crippen LogP contribution is -2.68. The molecule has 0 aliphatic carbocycles. The fourth-order valence-electron chi connectivity index (χ4n) is 1.22. The first-order valence-electron chi connectivity index (χ1n) is 4.21. The van der Waals surface area contributed by atoms with Crippen molar-refractivity contribution < 1.29 is 27.9 Å². The quantitative estimate of drug-likeness (QED) is 0.572. The van der Waals surface area contributed by atoms with Crippen molar-refractivity contribution in [3.05, 3.63) is 0 Å². The molecular weight excluding hydrogens is 217 g/mol. The Morgan fingerprint density at radius 2 is 2.13 bits per heavy atom. The number of carboxylic acids is 1. The molecule has 1 fully saturated rings.